The maximum Gasteiger partial charge on any atom is 0.185 e. The highest BCUT2D eigenvalue weighted by molar-refractivity contribution is 6.04. The van der Waals surface area contributed by atoms with Gasteiger partial charge in [-0.2, -0.15) is 0 Å². The Morgan fingerprint density at radius 1 is 0.909 bits per heavy atom. The first-order valence-corrected chi connectivity index (χ1v) is 7.51. The van der Waals surface area contributed by atoms with Crippen LogP contribution >= 0.6 is 0 Å². The van der Waals surface area contributed by atoms with E-state index in [9.17, 15) is 9.59 Å². The zero-order chi connectivity index (χ0) is 15.8. The van der Waals surface area contributed by atoms with Crippen LogP contribution in [0.25, 0.3) is 0 Å². The molecule has 0 N–H and O–H groups in total. The molecule has 0 bridgehead atoms. The highest BCUT2D eigenvalue weighted by Crippen LogP contribution is 2.14. The van der Waals surface area contributed by atoms with Crippen LogP contribution in [0.15, 0.2) is 72.8 Å². The van der Waals surface area contributed by atoms with Crippen LogP contribution in [-0.2, 0) is 0 Å². The maximum atomic E-state index is 12.1. The molecule has 2 nitrogen and oxygen atoms in total. The minimum absolute atomic E-state index is 0.00202. The fourth-order valence-electron chi connectivity index (χ4n) is 2.25. The average molecular weight is 292 g/mol. The first kappa shape index (κ1) is 15.9. The minimum Gasteiger partial charge on any atom is -0.294 e. The second-order valence-corrected chi connectivity index (χ2v) is 5.47. The van der Waals surface area contributed by atoms with Gasteiger partial charge in [-0.3, -0.25) is 9.59 Å². The van der Waals surface area contributed by atoms with Crippen LogP contribution in [-0.4, -0.2) is 11.6 Å². The Kier molecular flexibility index (Phi) is 5.84. The largest absolute Gasteiger partial charge is 0.294 e. The summed E-state index contributed by atoms with van der Waals surface area (Å²) in [6, 6.07) is 18.5. The molecule has 0 heterocycles. The number of rotatable bonds is 7. The standard InChI is InChI=1S/C20H20O2/c1-16(15-20(22)18-12-6-3-7-13-18)9-8-14-19(21)17-10-4-2-5-11-17/h2-8,10-14,16H,9,15H2,1H3/b14-8+/t16-/m0/s1. The van der Waals surface area contributed by atoms with Crippen molar-refractivity contribution in [3.63, 3.8) is 0 Å². The van der Waals surface area contributed by atoms with E-state index in [-0.39, 0.29) is 17.5 Å². The first-order chi connectivity index (χ1) is 10.7. The number of benzene rings is 2. The Balaban J connectivity index is 1.83. The molecule has 0 saturated carbocycles. The van der Waals surface area contributed by atoms with Gasteiger partial charge < -0.3 is 0 Å². The van der Waals surface area contributed by atoms with Crippen LogP contribution < -0.4 is 0 Å². The van der Waals surface area contributed by atoms with E-state index in [4.69, 9.17) is 0 Å². The molecule has 0 radical (unpaired) electrons. The van der Waals surface area contributed by atoms with E-state index in [2.05, 4.69) is 0 Å². The van der Waals surface area contributed by atoms with E-state index < -0.39 is 0 Å². The topological polar surface area (TPSA) is 34.1 Å². The van der Waals surface area contributed by atoms with Crippen molar-refractivity contribution in [3.05, 3.63) is 83.9 Å². The maximum absolute atomic E-state index is 12.1. The first-order valence-electron chi connectivity index (χ1n) is 7.51. The van der Waals surface area contributed by atoms with Gasteiger partial charge in [-0.1, -0.05) is 73.7 Å². The second kappa shape index (κ2) is 8.08. The van der Waals surface area contributed by atoms with E-state index in [1.165, 1.54) is 0 Å². The van der Waals surface area contributed by atoms with Crippen molar-refractivity contribution in [1.29, 1.82) is 0 Å². The molecule has 0 unspecified atom stereocenters. The Bertz CT molecular complexity index is 642. The average Bonchev–Trinajstić information content (AvgIpc) is 2.56. The highest BCUT2D eigenvalue weighted by Gasteiger charge is 2.10. The smallest absolute Gasteiger partial charge is 0.185 e. The summed E-state index contributed by atoms with van der Waals surface area (Å²) in [5, 5.41) is 0. The molecule has 0 aromatic heterocycles. The Hall–Kier alpha value is -2.48. The second-order valence-electron chi connectivity index (χ2n) is 5.47. The lowest BCUT2D eigenvalue weighted by Gasteiger charge is -2.07. The predicted octanol–water partition coefficient (Wildman–Crippen LogP) is 4.72. The lowest BCUT2D eigenvalue weighted by atomic mass is 9.96. The zero-order valence-corrected chi connectivity index (χ0v) is 12.7. The number of carbonyl (C=O) groups excluding carboxylic acids is 2. The van der Waals surface area contributed by atoms with Gasteiger partial charge in [0.25, 0.3) is 0 Å². The summed E-state index contributed by atoms with van der Waals surface area (Å²) in [4.78, 5) is 24.0. The van der Waals surface area contributed by atoms with Gasteiger partial charge in [-0.25, -0.2) is 0 Å². The van der Waals surface area contributed by atoms with E-state index in [1.54, 1.807) is 18.2 Å². The summed E-state index contributed by atoms with van der Waals surface area (Å²) in [6.45, 7) is 2.03. The molecule has 2 rings (SSSR count). The number of hydrogen-bond acceptors (Lipinski definition) is 2. The van der Waals surface area contributed by atoms with Gasteiger partial charge in [0.05, 0.1) is 0 Å². The Morgan fingerprint density at radius 2 is 1.45 bits per heavy atom. The van der Waals surface area contributed by atoms with E-state index in [0.717, 1.165) is 12.0 Å². The summed E-state index contributed by atoms with van der Waals surface area (Å²) < 4.78 is 0. The molecule has 0 fully saturated rings. The molecule has 2 aromatic carbocycles. The molecule has 2 heteroatoms. The van der Waals surface area contributed by atoms with Crippen molar-refractivity contribution < 1.29 is 9.59 Å². The monoisotopic (exact) mass is 292 g/mol. The van der Waals surface area contributed by atoms with Gasteiger partial charge in [0.1, 0.15) is 0 Å². The summed E-state index contributed by atoms with van der Waals surface area (Å²) >= 11 is 0. The highest BCUT2D eigenvalue weighted by atomic mass is 16.1. The van der Waals surface area contributed by atoms with Gasteiger partial charge >= 0.3 is 0 Å². The van der Waals surface area contributed by atoms with Gasteiger partial charge in [0, 0.05) is 17.5 Å². The number of allylic oxidation sites excluding steroid dienone is 2. The van der Waals surface area contributed by atoms with Gasteiger partial charge in [-0.15, -0.1) is 0 Å². The third-order valence-electron chi connectivity index (χ3n) is 3.50. The molecule has 0 aliphatic heterocycles. The van der Waals surface area contributed by atoms with Gasteiger partial charge in [0.15, 0.2) is 11.6 Å². The van der Waals surface area contributed by atoms with Crippen LogP contribution in [0.2, 0.25) is 0 Å². The molecule has 112 valence electrons. The van der Waals surface area contributed by atoms with Crippen LogP contribution in [0.3, 0.4) is 0 Å². The Morgan fingerprint density at radius 3 is 2.05 bits per heavy atom. The van der Waals surface area contributed by atoms with Crippen LogP contribution in [0.4, 0.5) is 0 Å². The van der Waals surface area contributed by atoms with Gasteiger partial charge in [0.2, 0.25) is 0 Å². The van der Waals surface area contributed by atoms with Crippen LogP contribution in [0, 0.1) is 5.92 Å². The molecule has 22 heavy (non-hydrogen) atoms. The number of Topliss-reactive ketones (excluding diaryl/α,β-unsaturated/α-hetero) is 1. The van der Waals surface area contributed by atoms with Crippen molar-refractivity contribution >= 4 is 11.6 Å². The van der Waals surface area contributed by atoms with Crippen LogP contribution in [0.5, 0.6) is 0 Å². The van der Waals surface area contributed by atoms with Crippen molar-refractivity contribution in [3.8, 4) is 0 Å². The van der Waals surface area contributed by atoms with Crippen molar-refractivity contribution in [1.82, 2.24) is 0 Å². The summed E-state index contributed by atoms with van der Waals surface area (Å²) in [5.41, 5.74) is 1.44. The summed E-state index contributed by atoms with van der Waals surface area (Å²) in [6.07, 6.45) is 4.67. The van der Waals surface area contributed by atoms with Crippen molar-refractivity contribution in [2.24, 2.45) is 5.92 Å². The molecular formula is C20H20O2. The molecule has 0 aliphatic carbocycles. The van der Waals surface area contributed by atoms with Gasteiger partial charge in [-0.05, 0) is 18.4 Å². The molecule has 0 aliphatic rings. The number of carbonyl (C=O) groups is 2. The minimum atomic E-state index is 0.00202. The molecule has 1 atom stereocenters. The summed E-state index contributed by atoms with van der Waals surface area (Å²) in [7, 11) is 0. The van der Waals surface area contributed by atoms with Crippen LogP contribution in [0.1, 0.15) is 40.5 Å². The quantitative estimate of drug-likeness (QED) is 0.546. The lowest BCUT2D eigenvalue weighted by molar-refractivity contribution is 0.0965. The van der Waals surface area contributed by atoms with E-state index in [0.29, 0.717) is 12.0 Å². The summed E-state index contributed by atoms with van der Waals surface area (Å²) in [5.74, 6) is 0.366. The predicted molar refractivity (Wildman–Crippen MR) is 89.1 cm³/mol. The van der Waals surface area contributed by atoms with Crippen molar-refractivity contribution in [2.45, 2.75) is 19.8 Å². The fourth-order valence-corrected chi connectivity index (χ4v) is 2.25. The third-order valence-corrected chi connectivity index (χ3v) is 3.50. The van der Waals surface area contributed by atoms with E-state index >= 15 is 0 Å². The molecule has 0 spiro atoms. The van der Waals surface area contributed by atoms with Crippen molar-refractivity contribution in [2.75, 3.05) is 0 Å². The normalized spacial score (nSPS) is 12.2. The SMILES string of the molecule is C[C@@H](C/C=C/C(=O)c1ccccc1)CC(=O)c1ccccc1. The number of ketones is 2. The number of hydrogen-bond donors (Lipinski definition) is 0. The molecule has 2 aromatic rings. The molecular weight excluding hydrogens is 272 g/mol. The molecule has 0 saturated heterocycles. The molecule has 0 amide bonds. The zero-order valence-electron chi connectivity index (χ0n) is 12.7. The third kappa shape index (κ3) is 4.81. The Labute approximate surface area is 131 Å². The fraction of sp³-hybridized carbons (Fsp3) is 0.200. The lowest BCUT2D eigenvalue weighted by Crippen LogP contribution is -2.05. The van der Waals surface area contributed by atoms with E-state index in [1.807, 2.05) is 61.5 Å².